The third kappa shape index (κ3) is 3.18. The van der Waals surface area contributed by atoms with Crippen LogP contribution < -0.4 is 0 Å². The molecule has 0 spiro atoms. The second-order valence-electron chi connectivity index (χ2n) is 6.42. The second kappa shape index (κ2) is 6.02. The van der Waals surface area contributed by atoms with Gasteiger partial charge in [0.25, 0.3) is 0 Å². The third-order valence-electron chi connectivity index (χ3n) is 4.09. The van der Waals surface area contributed by atoms with Gasteiger partial charge in [-0.3, -0.25) is 0 Å². The number of hydrogen-bond acceptors (Lipinski definition) is 3. The Kier molecular flexibility index (Phi) is 4.10. The zero-order chi connectivity index (χ0) is 14.8. The first-order valence-corrected chi connectivity index (χ1v) is 7.86. The summed E-state index contributed by atoms with van der Waals surface area (Å²) in [4.78, 5) is 4.38. The lowest BCUT2D eigenvalue weighted by molar-refractivity contribution is 0.166. The van der Waals surface area contributed by atoms with Gasteiger partial charge >= 0.3 is 0 Å². The van der Waals surface area contributed by atoms with Gasteiger partial charge in [0.15, 0.2) is 0 Å². The third-order valence-corrected chi connectivity index (χ3v) is 4.09. The highest BCUT2D eigenvalue weighted by Crippen LogP contribution is 2.29. The Balaban J connectivity index is 1.80. The number of fused-ring (bicyclic) bond motifs is 1. The van der Waals surface area contributed by atoms with E-state index in [0.29, 0.717) is 12.5 Å². The molecular weight excluding hydrogens is 264 g/mol. The Morgan fingerprint density at radius 2 is 2.19 bits per heavy atom. The van der Waals surface area contributed by atoms with Gasteiger partial charge in [0.2, 0.25) is 0 Å². The van der Waals surface area contributed by atoms with Gasteiger partial charge in [0.05, 0.1) is 12.6 Å². The van der Waals surface area contributed by atoms with Crippen LogP contribution in [0.25, 0.3) is 0 Å². The van der Waals surface area contributed by atoms with Crippen molar-refractivity contribution in [3.63, 3.8) is 0 Å². The van der Waals surface area contributed by atoms with Crippen molar-refractivity contribution in [2.75, 3.05) is 0 Å². The average molecular weight is 288 g/mol. The maximum absolute atomic E-state index is 10.2. The first-order valence-electron chi connectivity index (χ1n) is 7.86. The molecule has 2 heterocycles. The van der Waals surface area contributed by atoms with Crippen molar-refractivity contribution >= 4 is 0 Å². The number of aryl methyl sites for hydroxylation is 1. The zero-order valence-corrected chi connectivity index (χ0v) is 12.9. The molecule has 0 saturated heterocycles. The normalized spacial score (nSPS) is 18.8. The molecule has 1 N–H and O–H groups in total. The van der Waals surface area contributed by atoms with Gasteiger partial charge in [-0.15, -0.1) is 0 Å². The summed E-state index contributed by atoms with van der Waals surface area (Å²) in [6, 6.07) is 0. The number of rotatable bonds is 4. The summed E-state index contributed by atoms with van der Waals surface area (Å²) in [5.74, 6) is 1.53. The van der Waals surface area contributed by atoms with Crippen molar-refractivity contribution < 1.29 is 5.11 Å². The number of aliphatic hydroxyl groups excluding tert-OH is 1. The van der Waals surface area contributed by atoms with Crippen LogP contribution in [0.2, 0.25) is 0 Å². The molecule has 0 aromatic carbocycles. The van der Waals surface area contributed by atoms with Crippen LogP contribution in [0.15, 0.2) is 18.7 Å². The fourth-order valence-electron chi connectivity index (χ4n) is 3.05. The second-order valence-corrected chi connectivity index (χ2v) is 6.42. The van der Waals surface area contributed by atoms with Crippen LogP contribution >= 0.6 is 0 Å². The van der Waals surface area contributed by atoms with Gasteiger partial charge in [0, 0.05) is 24.5 Å². The fraction of sp³-hybridized carbons (Fsp3) is 0.625. The van der Waals surface area contributed by atoms with E-state index in [4.69, 9.17) is 0 Å². The Morgan fingerprint density at radius 1 is 1.33 bits per heavy atom. The summed E-state index contributed by atoms with van der Waals surface area (Å²) in [5.41, 5.74) is 2.39. The minimum Gasteiger partial charge on any atom is -0.388 e. The molecule has 0 fully saturated rings. The van der Waals surface area contributed by atoms with E-state index in [-0.39, 0.29) is 6.10 Å². The minimum absolute atomic E-state index is 0.308. The highest BCUT2D eigenvalue weighted by atomic mass is 16.3. The molecule has 5 nitrogen and oxygen atoms in total. The Hall–Kier alpha value is -1.62. The maximum Gasteiger partial charge on any atom is 0.146 e. The molecule has 1 aliphatic carbocycles. The van der Waals surface area contributed by atoms with Gasteiger partial charge < -0.3 is 9.67 Å². The lowest BCUT2D eigenvalue weighted by Crippen LogP contribution is -2.12. The molecule has 2 aromatic heterocycles. The molecular formula is C16H24N4O. The van der Waals surface area contributed by atoms with E-state index in [2.05, 4.69) is 40.9 Å². The predicted octanol–water partition coefficient (Wildman–Crippen LogP) is 2.54. The molecule has 0 aliphatic heterocycles. The Morgan fingerprint density at radius 3 is 3.00 bits per heavy atom. The fourth-order valence-corrected chi connectivity index (χ4v) is 3.05. The van der Waals surface area contributed by atoms with Crippen molar-refractivity contribution in [1.29, 1.82) is 0 Å². The molecule has 0 bridgehead atoms. The van der Waals surface area contributed by atoms with Crippen LogP contribution in [-0.4, -0.2) is 24.4 Å². The van der Waals surface area contributed by atoms with Gasteiger partial charge in [0.1, 0.15) is 12.2 Å². The van der Waals surface area contributed by atoms with Crippen molar-refractivity contribution in [2.45, 2.75) is 58.7 Å². The van der Waals surface area contributed by atoms with E-state index in [1.54, 1.807) is 6.33 Å². The number of aliphatic hydroxyl groups is 1. The van der Waals surface area contributed by atoms with Gasteiger partial charge in [-0.1, -0.05) is 20.3 Å². The van der Waals surface area contributed by atoms with Crippen LogP contribution in [0.5, 0.6) is 0 Å². The predicted molar refractivity (Wildman–Crippen MR) is 80.9 cm³/mol. The van der Waals surface area contributed by atoms with Crippen LogP contribution in [0.1, 0.15) is 56.2 Å². The Bertz CT molecular complexity index is 599. The van der Waals surface area contributed by atoms with Gasteiger partial charge in [-0.25, -0.2) is 9.67 Å². The lowest BCUT2D eigenvalue weighted by atomic mass is 10.1. The number of hydrogen-bond donors (Lipinski definition) is 1. The van der Waals surface area contributed by atoms with Gasteiger partial charge in [-0.05, 0) is 30.7 Å². The topological polar surface area (TPSA) is 55.9 Å². The number of nitrogens with zero attached hydrogens (tertiary/aromatic N) is 4. The minimum atomic E-state index is -0.308. The quantitative estimate of drug-likeness (QED) is 0.880. The molecule has 1 unspecified atom stereocenters. The standard InChI is InChI=1S/C16H24N4O/c1-12(2)7-20-16(17-11-18-20)10-19-8-13-5-3-4-6-15(21)14(13)9-19/h8-9,11-12,15,21H,3-7,10H2,1-2H3. The van der Waals surface area contributed by atoms with E-state index in [9.17, 15) is 5.11 Å². The van der Waals surface area contributed by atoms with Crippen molar-refractivity contribution in [1.82, 2.24) is 19.3 Å². The molecule has 21 heavy (non-hydrogen) atoms. The summed E-state index contributed by atoms with van der Waals surface area (Å²) < 4.78 is 4.12. The summed E-state index contributed by atoms with van der Waals surface area (Å²) in [5, 5.41) is 14.5. The molecule has 5 heteroatoms. The molecule has 0 radical (unpaired) electrons. The number of aromatic nitrogens is 4. The van der Waals surface area contributed by atoms with E-state index in [0.717, 1.165) is 43.6 Å². The summed E-state index contributed by atoms with van der Waals surface area (Å²) >= 11 is 0. The monoisotopic (exact) mass is 288 g/mol. The summed E-state index contributed by atoms with van der Waals surface area (Å²) in [7, 11) is 0. The molecule has 3 rings (SSSR count). The van der Waals surface area contributed by atoms with Crippen molar-refractivity contribution in [2.24, 2.45) is 5.92 Å². The molecule has 114 valence electrons. The highest BCUT2D eigenvalue weighted by molar-refractivity contribution is 5.28. The van der Waals surface area contributed by atoms with Gasteiger partial charge in [-0.2, -0.15) is 5.10 Å². The average Bonchev–Trinajstić information content (AvgIpc) is 2.98. The smallest absolute Gasteiger partial charge is 0.146 e. The first-order chi connectivity index (χ1) is 10.1. The van der Waals surface area contributed by atoms with E-state index in [1.165, 1.54) is 5.56 Å². The SMILES string of the molecule is CC(C)Cn1ncnc1Cn1cc2c(c1)C(O)CCCC2. The van der Waals surface area contributed by atoms with E-state index >= 15 is 0 Å². The van der Waals surface area contributed by atoms with Crippen LogP contribution in [0.4, 0.5) is 0 Å². The first kappa shape index (κ1) is 14.3. The highest BCUT2D eigenvalue weighted by Gasteiger charge is 2.19. The lowest BCUT2D eigenvalue weighted by Gasteiger charge is -2.09. The van der Waals surface area contributed by atoms with Crippen LogP contribution in [0, 0.1) is 5.92 Å². The molecule has 0 amide bonds. The largest absolute Gasteiger partial charge is 0.388 e. The summed E-state index contributed by atoms with van der Waals surface area (Å²) in [6.07, 6.45) is 9.78. The molecule has 0 saturated carbocycles. The zero-order valence-electron chi connectivity index (χ0n) is 12.9. The molecule has 1 atom stereocenters. The summed E-state index contributed by atoms with van der Waals surface area (Å²) in [6.45, 7) is 5.96. The Labute approximate surface area is 125 Å². The van der Waals surface area contributed by atoms with Crippen molar-refractivity contribution in [3.8, 4) is 0 Å². The molecule has 1 aliphatic rings. The van der Waals surface area contributed by atoms with Crippen LogP contribution in [0.3, 0.4) is 0 Å². The van der Waals surface area contributed by atoms with Crippen molar-refractivity contribution in [3.05, 3.63) is 35.7 Å². The van der Waals surface area contributed by atoms with E-state index in [1.807, 2.05) is 4.68 Å². The van der Waals surface area contributed by atoms with Crippen LogP contribution in [-0.2, 0) is 19.5 Å². The van der Waals surface area contributed by atoms with E-state index < -0.39 is 0 Å². The molecule has 2 aromatic rings. The maximum atomic E-state index is 10.2.